The molecule has 0 spiro atoms. The average Bonchev–Trinajstić information content (AvgIpc) is 3.43. The minimum Gasteiger partial charge on any atom is -0.381 e. The highest BCUT2D eigenvalue weighted by Gasteiger charge is 2.37. The molecule has 2 fully saturated rings. The van der Waals surface area contributed by atoms with Gasteiger partial charge in [-0.05, 0) is 67.0 Å². The molecule has 3 heteroatoms. The molecule has 4 rings (SSSR count). The topological polar surface area (TPSA) is 21.3 Å². The van der Waals surface area contributed by atoms with Crippen molar-refractivity contribution in [2.45, 2.75) is 37.6 Å². The predicted molar refractivity (Wildman–Crippen MR) is 104 cm³/mol. The van der Waals surface area contributed by atoms with Gasteiger partial charge in [0.25, 0.3) is 0 Å². The van der Waals surface area contributed by atoms with Crippen LogP contribution in [0, 0.1) is 5.92 Å². The minimum absolute atomic E-state index is 0.668. The first-order valence-electron chi connectivity index (χ1n) is 9.46. The number of ether oxygens (including phenoxy) is 1. The monoisotopic (exact) mass is 355 g/mol. The van der Waals surface area contributed by atoms with E-state index >= 15 is 0 Å². The highest BCUT2D eigenvalue weighted by atomic mass is 35.5. The van der Waals surface area contributed by atoms with Crippen molar-refractivity contribution in [1.82, 2.24) is 5.32 Å². The highest BCUT2D eigenvalue weighted by Crippen LogP contribution is 2.41. The lowest BCUT2D eigenvalue weighted by Gasteiger charge is -2.21. The fourth-order valence-corrected chi connectivity index (χ4v) is 3.99. The van der Waals surface area contributed by atoms with Crippen LogP contribution >= 0.6 is 11.6 Å². The second-order valence-corrected chi connectivity index (χ2v) is 7.81. The molecule has 1 saturated heterocycles. The molecule has 1 aliphatic carbocycles. The Bertz CT molecular complexity index is 676. The Hall–Kier alpha value is -1.35. The third-order valence-electron chi connectivity index (χ3n) is 5.61. The van der Waals surface area contributed by atoms with Crippen LogP contribution in [0.4, 0.5) is 0 Å². The molecule has 0 bridgehead atoms. The molecule has 1 N–H and O–H groups in total. The summed E-state index contributed by atoms with van der Waals surface area (Å²) in [5.41, 5.74) is 3.93. The maximum Gasteiger partial charge on any atom is 0.0468 e. The van der Waals surface area contributed by atoms with Gasteiger partial charge in [-0.25, -0.2) is 0 Å². The fourth-order valence-electron chi connectivity index (χ4n) is 3.86. The maximum atomic E-state index is 5.97. The van der Waals surface area contributed by atoms with Crippen molar-refractivity contribution < 1.29 is 4.74 Å². The summed E-state index contributed by atoms with van der Waals surface area (Å²) in [5, 5.41) is 4.53. The standard InChI is InChI=1S/C22H26ClNO/c23-20-7-5-18(6-8-20)17-1-3-19(4-2-17)21-15-22(21)24-12-9-16-10-13-25-14-11-16/h1-8,16,21-22,24H,9-15H2. The van der Waals surface area contributed by atoms with Crippen LogP contribution in [-0.4, -0.2) is 25.8 Å². The number of hydrogen-bond donors (Lipinski definition) is 1. The van der Waals surface area contributed by atoms with Crippen LogP contribution in [0.1, 0.15) is 37.2 Å². The van der Waals surface area contributed by atoms with Crippen molar-refractivity contribution in [1.29, 1.82) is 0 Å². The van der Waals surface area contributed by atoms with E-state index < -0.39 is 0 Å². The molecule has 2 aliphatic rings. The molecule has 1 saturated carbocycles. The van der Waals surface area contributed by atoms with Gasteiger partial charge in [0.15, 0.2) is 0 Å². The van der Waals surface area contributed by atoms with Gasteiger partial charge >= 0.3 is 0 Å². The van der Waals surface area contributed by atoms with Crippen molar-refractivity contribution in [2.75, 3.05) is 19.8 Å². The largest absolute Gasteiger partial charge is 0.381 e. The van der Waals surface area contributed by atoms with E-state index in [2.05, 4.69) is 41.7 Å². The smallest absolute Gasteiger partial charge is 0.0468 e. The Balaban J connectivity index is 1.26. The molecular formula is C22H26ClNO. The van der Waals surface area contributed by atoms with E-state index in [0.717, 1.165) is 30.7 Å². The molecule has 2 aromatic rings. The normalized spacial score (nSPS) is 23.6. The molecular weight excluding hydrogens is 330 g/mol. The van der Waals surface area contributed by atoms with E-state index in [1.54, 1.807) is 0 Å². The van der Waals surface area contributed by atoms with Crippen molar-refractivity contribution >= 4 is 11.6 Å². The van der Waals surface area contributed by atoms with Gasteiger partial charge in [-0.15, -0.1) is 0 Å². The summed E-state index contributed by atoms with van der Waals surface area (Å²) < 4.78 is 5.43. The molecule has 0 aromatic heterocycles. The molecule has 2 unspecified atom stereocenters. The van der Waals surface area contributed by atoms with E-state index in [1.165, 1.54) is 42.4 Å². The first-order valence-corrected chi connectivity index (χ1v) is 9.84. The molecule has 0 radical (unpaired) electrons. The summed E-state index contributed by atoms with van der Waals surface area (Å²) in [4.78, 5) is 0. The lowest BCUT2D eigenvalue weighted by molar-refractivity contribution is 0.0639. The molecule has 1 heterocycles. The van der Waals surface area contributed by atoms with Gasteiger partial charge in [-0.3, -0.25) is 0 Å². The van der Waals surface area contributed by atoms with Crippen LogP contribution in [0.2, 0.25) is 5.02 Å². The molecule has 0 amide bonds. The molecule has 2 atom stereocenters. The number of rotatable bonds is 6. The van der Waals surface area contributed by atoms with E-state index in [-0.39, 0.29) is 0 Å². The number of benzene rings is 2. The minimum atomic E-state index is 0.668. The fraction of sp³-hybridized carbons (Fsp3) is 0.455. The third-order valence-corrected chi connectivity index (χ3v) is 5.86. The first-order chi connectivity index (χ1) is 12.3. The SMILES string of the molecule is Clc1ccc(-c2ccc(C3CC3NCCC3CCOCC3)cc2)cc1. The summed E-state index contributed by atoms with van der Waals surface area (Å²) in [5.74, 6) is 1.55. The second-order valence-electron chi connectivity index (χ2n) is 7.38. The Morgan fingerprint density at radius 3 is 2.24 bits per heavy atom. The predicted octanol–water partition coefficient (Wildman–Crippen LogP) is 5.27. The third kappa shape index (κ3) is 4.44. The van der Waals surface area contributed by atoms with Crippen molar-refractivity contribution in [3.8, 4) is 11.1 Å². The zero-order valence-electron chi connectivity index (χ0n) is 14.6. The summed E-state index contributed by atoms with van der Waals surface area (Å²) >= 11 is 5.97. The van der Waals surface area contributed by atoms with E-state index in [4.69, 9.17) is 16.3 Å². The van der Waals surface area contributed by atoms with Crippen molar-refractivity contribution in [2.24, 2.45) is 5.92 Å². The van der Waals surface area contributed by atoms with Gasteiger partial charge in [0.05, 0.1) is 0 Å². The zero-order valence-corrected chi connectivity index (χ0v) is 15.3. The number of halogens is 1. The van der Waals surface area contributed by atoms with Crippen LogP contribution in [0.25, 0.3) is 11.1 Å². The van der Waals surface area contributed by atoms with Crippen LogP contribution < -0.4 is 5.32 Å². The quantitative estimate of drug-likeness (QED) is 0.762. The van der Waals surface area contributed by atoms with Crippen LogP contribution in [0.5, 0.6) is 0 Å². The Labute approximate surface area is 155 Å². The summed E-state index contributed by atoms with van der Waals surface area (Å²) in [7, 11) is 0. The van der Waals surface area contributed by atoms with E-state index in [0.29, 0.717) is 12.0 Å². The molecule has 25 heavy (non-hydrogen) atoms. The Morgan fingerprint density at radius 2 is 1.56 bits per heavy atom. The maximum absolute atomic E-state index is 5.97. The average molecular weight is 356 g/mol. The van der Waals surface area contributed by atoms with Crippen LogP contribution in [0.3, 0.4) is 0 Å². The van der Waals surface area contributed by atoms with Gasteiger partial charge in [0, 0.05) is 30.2 Å². The van der Waals surface area contributed by atoms with Crippen molar-refractivity contribution in [3.63, 3.8) is 0 Å². The molecule has 2 nitrogen and oxygen atoms in total. The van der Waals surface area contributed by atoms with Gasteiger partial charge in [-0.2, -0.15) is 0 Å². The Morgan fingerprint density at radius 1 is 0.920 bits per heavy atom. The van der Waals surface area contributed by atoms with Crippen LogP contribution in [0.15, 0.2) is 48.5 Å². The van der Waals surface area contributed by atoms with Crippen LogP contribution in [-0.2, 0) is 4.74 Å². The second kappa shape index (κ2) is 7.90. The van der Waals surface area contributed by atoms with E-state index in [1.807, 2.05) is 12.1 Å². The molecule has 2 aromatic carbocycles. The zero-order chi connectivity index (χ0) is 17.1. The van der Waals surface area contributed by atoms with E-state index in [9.17, 15) is 0 Å². The van der Waals surface area contributed by atoms with Gasteiger partial charge in [-0.1, -0.05) is 48.0 Å². The highest BCUT2D eigenvalue weighted by molar-refractivity contribution is 6.30. The Kier molecular flexibility index (Phi) is 5.40. The van der Waals surface area contributed by atoms with Gasteiger partial charge in [0.1, 0.15) is 0 Å². The summed E-state index contributed by atoms with van der Waals surface area (Å²) in [6.07, 6.45) is 5.04. The first kappa shape index (κ1) is 17.1. The summed E-state index contributed by atoms with van der Waals surface area (Å²) in [6.45, 7) is 3.06. The van der Waals surface area contributed by atoms with Crippen molar-refractivity contribution in [3.05, 3.63) is 59.1 Å². The van der Waals surface area contributed by atoms with Gasteiger partial charge in [0.2, 0.25) is 0 Å². The van der Waals surface area contributed by atoms with Gasteiger partial charge < -0.3 is 10.1 Å². The number of nitrogens with one attached hydrogen (secondary N) is 1. The lowest BCUT2D eigenvalue weighted by Crippen LogP contribution is -2.24. The molecule has 132 valence electrons. The summed E-state index contributed by atoms with van der Waals surface area (Å²) in [6, 6.07) is 17.8. The number of hydrogen-bond acceptors (Lipinski definition) is 2. The lowest BCUT2D eigenvalue weighted by atomic mass is 9.97. The molecule has 1 aliphatic heterocycles.